The molecule has 1 aromatic heterocycles. The van der Waals surface area contributed by atoms with E-state index in [1.807, 2.05) is 0 Å². The Balaban J connectivity index is 1.82. The van der Waals surface area contributed by atoms with E-state index in [0.717, 1.165) is 24.3 Å². The minimum Gasteiger partial charge on any atom is -0.457 e. The number of hydrogen-bond donors (Lipinski definition) is 1. The van der Waals surface area contributed by atoms with Gasteiger partial charge in [-0.2, -0.15) is 13.2 Å². The highest BCUT2D eigenvalue weighted by Gasteiger charge is 2.44. The van der Waals surface area contributed by atoms with Crippen molar-refractivity contribution in [3.05, 3.63) is 89.2 Å². The van der Waals surface area contributed by atoms with Crippen molar-refractivity contribution < 1.29 is 30.7 Å². The van der Waals surface area contributed by atoms with Crippen molar-refractivity contribution >= 4 is 38.5 Å². The third-order valence-corrected chi connectivity index (χ3v) is 6.43. The van der Waals surface area contributed by atoms with Crippen LogP contribution in [0.4, 0.5) is 23.4 Å². The molecule has 0 saturated carbocycles. The lowest BCUT2D eigenvalue weighted by molar-refractivity contribution is -0.198. The van der Waals surface area contributed by atoms with Gasteiger partial charge in [-0.25, -0.2) is 22.8 Å². The normalized spacial score (nSPS) is 13.0. The zero-order chi connectivity index (χ0) is 24.5. The molecule has 34 heavy (non-hydrogen) atoms. The number of alkyl halides is 3. The molecule has 1 N–H and O–H groups in total. The Morgan fingerprint density at radius 3 is 2.09 bits per heavy atom. The zero-order valence-electron chi connectivity index (χ0n) is 16.9. The lowest BCUT2D eigenvalue weighted by Gasteiger charge is -2.23. The predicted octanol–water partition coefficient (Wildman–Crippen LogP) is 5.91. The van der Waals surface area contributed by atoms with E-state index in [1.54, 1.807) is 12.1 Å². The summed E-state index contributed by atoms with van der Waals surface area (Å²) in [7, 11) is -4.37. The SMILES string of the molecule is O=S(=O)(Nc1nc2ccccc2nc1OC(c1ccc(F)cc1)C(F)(F)F)c1ccccc1Cl. The first-order valence-corrected chi connectivity index (χ1v) is 11.4. The first-order chi connectivity index (χ1) is 16.0. The minimum atomic E-state index is -4.94. The second kappa shape index (κ2) is 9.07. The van der Waals surface area contributed by atoms with Crippen molar-refractivity contribution in [2.45, 2.75) is 17.2 Å². The molecule has 3 aromatic carbocycles. The number of nitrogens with zero attached hydrogens (tertiary/aromatic N) is 2. The highest BCUT2D eigenvalue weighted by Crippen LogP contribution is 2.39. The van der Waals surface area contributed by atoms with Gasteiger partial charge in [0.25, 0.3) is 15.9 Å². The van der Waals surface area contributed by atoms with Crippen LogP contribution in [0.1, 0.15) is 11.7 Å². The molecule has 0 aliphatic rings. The number of benzene rings is 3. The molecule has 0 saturated heterocycles. The topological polar surface area (TPSA) is 81.2 Å². The molecule has 1 unspecified atom stereocenters. The van der Waals surface area contributed by atoms with Crippen LogP contribution in [0.3, 0.4) is 0 Å². The maximum absolute atomic E-state index is 13.9. The number of anilines is 1. The maximum Gasteiger partial charge on any atom is 0.429 e. The van der Waals surface area contributed by atoms with Crippen LogP contribution >= 0.6 is 11.6 Å². The summed E-state index contributed by atoms with van der Waals surface area (Å²) in [6, 6.07) is 15.2. The van der Waals surface area contributed by atoms with E-state index in [1.165, 1.54) is 36.4 Å². The third-order valence-electron chi connectivity index (χ3n) is 4.60. The third kappa shape index (κ3) is 5.05. The smallest absolute Gasteiger partial charge is 0.429 e. The van der Waals surface area contributed by atoms with Crippen molar-refractivity contribution in [2.75, 3.05) is 4.72 Å². The highest BCUT2D eigenvalue weighted by atomic mass is 35.5. The molecular weight excluding hydrogens is 498 g/mol. The van der Waals surface area contributed by atoms with Crippen LogP contribution < -0.4 is 9.46 Å². The molecule has 0 amide bonds. The van der Waals surface area contributed by atoms with E-state index in [2.05, 4.69) is 14.7 Å². The molecule has 176 valence electrons. The molecule has 0 aliphatic carbocycles. The minimum absolute atomic E-state index is 0.106. The monoisotopic (exact) mass is 511 g/mol. The molecule has 0 radical (unpaired) electrons. The summed E-state index contributed by atoms with van der Waals surface area (Å²) >= 11 is 5.98. The van der Waals surface area contributed by atoms with Crippen LogP contribution in [0.15, 0.2) is 77.7 Å². The Morgan fingerprint density at radius 2 is 1.47 bits per heavy atom. The van der Waals surface area contributed by atoms with Crippen molar-refractivity contribution in [2.24, 2.45) is 0 Å². The molecule has 0 aliphatic heterocycles. The van der Waals surface area contributed by atoms with Gasteiger partial charge in [0.1, 0.15) is 10.7 Å². The molecular formula is C22H14ClF4N3O3S. The largest absolute Gasteiger partial charge is 0.457 e. The lowest BCUT2D eigenvalue weighted by Crippen LogP contribution is -2.27. The number of para-hydroxylation sites is 2. The average molecular weight is 512 g/mol. The first kappa shape index (κ1) is 23.7. The summed E-state index contributed by atoms with van der Waals surface area (Å²) in [6.45, 7) is 0. The number of sulfonamides is 1. The van der Waals surface area contributed by atoms with Gasteiger partial charge in [0, 0.05) is 5.56 Å². The molecule has 0 fully saturated rings. The fraction of sp³-hybridized carbons (Fsp3) is 0.0909. The number of hydrogen-bond acceptors (Lipinski definition) is 5. The van der Waals surface area contributed by atoms with Gasteiger partial charge in [0.05, 0.1) is 16.1 Å². The van der Waals surface area contributed by atoms with Crippen LogP contribution in [0.2, 0.25) is 5.02 Å². The fourth-order valence-corrected chi connectivity index (χ4v) is 4.57. The van der Waals surface area contributed by atoms with Gasteiger partial charge in [-0.15, -0.1) is 0 Å². The summed E-state index contributed by atoms with van der Waals surface area (Å²) < 4.78 is 88.0. The van der Waals surface area contributed by atoms with Gasteiger partial charge in [-0.3, -0.25) is 4.72 Å². The van der Waals surface area contributed by atoms with Crippen LogP contribution in [-0.4, -0.2) is 24.6 Å². The molecule has 0 spiro atoms. The molecule has 1 atom stereocenters. The summed E-state index contributed by atoms with van der Waals surface area (Å²) in [5.41, 5.74) is -0.0426. The van der Waals surface area contributed by atoms with Crippen molar-refractivity contribution in [3.8, 4) is 5.88 Å². The Kier molecular flexibility index (Phi) is 6.32. The standard InChI is InChI=1S/C22H14ClF4N3O3S/c23-15-5-1-4-8-18(15)34(31,32)30-20-21(29-17-7-3-2-6-16(17)28-20)33-19(22(25,26)27)13-9-11-14(24)12-10-13/h1-12,19H,(H,28,30). The molecule has 4 rings (SSSR count). The average Bonchev–Trinajstić information content (AvgIpc) is 2.77. The Hall–Kier alpha value is -3.44. The van der Waals surface area contributed by atoms with E-state index in [4.69, 9.17) is 16.3 Å². The molecule has 1 heterocycles. The van der Waals surface area contributed by atoms with Gasteiger partial charge in [0.15, 0.2) is 0 Å². The van der Waals surface area contributed by atoms with E-state index in [9.17, 15) is 26.0 Å². The quantitative estimate of drug-likeness (QED) is 0.326. The number of nitrogens with one attached hydrogen (secondary N) is 1. The van der Waals surface area contributed by atoms with E-state index >= 15 is 0 Å². The van der Waals surface area contributed by atoms with Crippen LogP contribution in [0, 0.1) is 5.82 Å². The van der Waals surface area contributed by atoms with Crippen LogP contribution in [0.25, 0.3) is 11.0 Å². The summed E-state index contributed by atoms with van der Waals surface area (Å²) in [5, 5.41) is -0.106. The maximum atomic E-state index is 13.9. The van der Waals surface area contributed by atoms with E-state index in [-0.39, 0.29) is 21.0 Å². The second-order valence-corrected chi connectivity index (χ2v) is 9.05. The molecule has 6 nitrogen and oxygen atoms in total. The van der Waals surface area contributed by atoms with Crippen molar-refractivity contribution in [1.29, 1.82) is 0 Å². The van der Waals surface area contributed by atoms with E-state index in [0.29, 0.717) is 0 Å². The summed E-state index contributed by atoms with van der Waals surface area (Å²) in [6.07, 6.45) is -7.52. The van der Waals surface area contributed by atoms with Gasteiger partial charge >= 0.3 is 6.18 Å². The van der Waals surface area contributed by atoms with E-state index < -0.39 is 45.4 Å². The van der Waals surface area contributed by atoms with Gasteiger partial charge in [-0.1, -0.05) is 48.0 Å². The van der Waals surface area contributed by atoms with Crippen LogP contribution in [-0.2, 0) is 10.0 Å². The highest BCUT2D eigenvalue weighted by molar-refractivity contribution is 7.92. The zero-order valence-corrected chi connectivity index (χ0v) is 18.5. The Bertz CT molecular complexity index is 1450. The van der Waals surface area contributed by atoms with Crippen LogP contribution in [0.5, 0.6) is 5.88 Å². The predicted molar refractivity (Wildman–Crippen MR) is 118 cm³/mol. The van der Waals surface area contributed by atoms with Gasteiger partial charge in [-0.05, 0) is 36.4 Å². The number of ether oxygens (including phenoxy) is 1. The Labute approximate surface area is 196 Å². The molecule has 4 aromatic rings. The number of rotatable bonds is 6. The number of halogens is 5. The van der Waals surface area contributed by atoms with Crippen molar-refractivity contribution in [1.82, 2.24) is 9.97 Å². The molecule has 12 heteroatoms. The summed E-state index contributed by atoms with van der Waals surface area (Å²) in [5.74, 6) is -2.03. The fourth-order valence-electron chi connectivity index (χ4n) is 3.05. The summed E-state index contributed by atoms with van der Waals surface area (Å²) in [4.78, 5) is 7.85. The van der Waals surface area contributed by atoms with Crippen molar-refractivity contribution in [3.63, 3.8) is 0 Å². The second-order valence-electron chi connectivity index (χ2n) is 6.99. The first-order valence-electron chi connectivity index (χ1n) is 9.57. The number of fused-ring (bicyclic) bond motifs is 1. The lowest BCUT2D eigenvalue weighted by atomic mass is 10.1. The Morgan fingerprint density at radius 1 is 0.882 bits per heavy atom. The number of aromatic nitrogens is 2. The molecule has 0 bridgehead atoms. The van der Waals surface area contributed by atoms with Gasteiger partial charge < -0.3 is 4.74 Å². The van der Waals surface area contributed by atoms with Gasteiger partial charge in [0.2, 0.25) is 11.9 Å².